The molecule has 3 rings (SSSR count). The molecular formula is C19H27N. The van der Waals surface area contributed by atoms with E-state index in [2.05, 4.69) is 30.8 Å². The number of unbranched alkanes of at least 4 members (excludes halogenated alkanes) is 3. The number of hydrogen-bond acceptors (Lipinski definition) is 1. The molecule has 2 aliphatic rings. The lowest BCUT2D eigenvalue weighted by atomic mass is 9.92. The Balaban J connectivity index is 1.52. The van der Waals surface area contributed by atoms with Crippen molar-refractivity contribution in [2.24, 2.45) is 17.6 Å². The number of aryl methyl sites for hydroxylation is 1. The zero-order chi connectivity index (χ0) is 13.9. The van der Waals surface area contributed by atoms with Gasteiger partial charge in [-0.3, -0.25) is 0 Å². The van der Waals surface area contributed by atoms with E-state index in [-0.39, 0.29) is 0 Å². The van der Waals surface area contributed by atoms with Gasteiger partial charge in [0.15, 0.2) is 0 Å². The maximum atomic E-state index is 6.49. The fraction of sp³-hybridized carbons (Fsp3) is 0.579. The highest BCUT2D eigenvalue weighted by molar-refractivity contribution is 5.39. The highest BCUT2D eigenvalue weighted by Gasteiger charge is 2.54. The molecule has 0 radical (unpaired) electrons. The lowest BCUT2D eigenvalue weighted by Gasteiger charge is -2.13. The second-order valence-electron chi connectivity index (χ2n) is 6.60. The van der Waals surface area contributed by atoms with Crippen molar-refractivity contribution in [3.8, 4) is 0 Å². The van der Waals surface area contributed by atoms with E-state index in [9.17, 15) is 0 Å². The summed E-state index contributed by atoms with van der Waals surface area (Å²) in [5, 5.41) is 0. The monoisotopic (exact) mass is 269 g/mol. The summed E-state index contributed by atoms with van der Waals surface area (Å²) < 4.78 is 0. The van der Waals surface area contributed by atoms with Gasteiger partial charge in [-0.1, -0.05) is 43.2 Å². The van der Waals surface area contributed by atoms with Gasteiger partial charge in [-0.2, -0.15) is 0 Å². The normalized spacial score (nSPS) is 28.4. The summed E-state index contributed by atoms with van der Waals surface area (Å²) in [6.45, 7) is 3.78. The average Bonchev–Trinajstić information content (AvgIpc) is 3.22. The third-order valence-corrected chi connectivity index (χ3v) is 5.33. The molecule has 1 fully saturated rings. The van der Waals surface area contributed by atoms with E-state index in [0.717, 1.165) is 24.2 Å². The van der Waals surface area contributed by atoms with E-state index in [0.29, 0.717) is 6.04 Å². The van der Waals surface area contributed by atoms with Gasteiger partial charge in [0, 0.05) is 6.04 Å². The molecule has 0 saturated heterocycles. The Kier molecular flexibility index (Phi) is 4.26. The lowest BCUT2D eigenvalue weighted by molar-refractivity contribution is 0.477. The van der Waals surface area contributed by atoms with E-state index in [1.165, 1.54) is 38.5 Å². The predicted octanol–water partition coefficient (Wildman–Crippen LogP) is 4.43. The van der Waals surface area contributed by atoms with Gasteiger partial charge in [0.1, 0.15) is 0 Å². The largest absolute Gasteiger partial charge is 0.327 e. The van der Waals surface area contributed by atoms with Crippen molar-refractivity contribution in [3.63, 3.8) is 0 Å². The molecule has 20 heavy (non-hydrogen) atoms. The smallest absolute Gasteiger partial charge is 0.00759 e. The first kappa shape index (κ1) is 13.9. The highest BCUT2D eigenvalue weighted by Crippen LogP contribution is 2.61. The maximum absolute atomic E-state index is 6.49. The quantitative estimate of drug-likeness (QED) is 0.575. The molecule has 0 aromatic heterocycles. The fourth-order valence-electron chi connectivity index (χ4n) is 4.24. The van der Waals surface area contributed by atoms with E-state index in [1.807, 2.05) is 6.08 Å². The molecule has 1 nitrogen and oxygen atoms in total. The Morgan fingerprint density at radius 1 is 1.25 bits per heavy atom. The first-order valence-electron chi connectivity index (χ1n) is 8.27. The Labute approximate surface area is 123 Å². The highest BCUT2D eigenvalue weighted by atomic mass is 14.7. The van der Waals surface area contributed by atoms with Gasteiger partial charge in [0.05, 0.1) is 0 Å². The van der Waals surface area contributed by atoms with Crippen LogP contribution < -0.4 is 5.73 Å². The van der Waals surface area contributed by atoms with E-state index < -0.39 is 0 Å². The first-order chi connectivity index (χ1) is 9.83. The minimum Gasteiger partial charge on any atom is -0.327 e. The maximum Gasteiger partial charge on any atom is 0.00759 e. The lowest BCUT2D eigenvalue weighted by Crippen LogP contribution is -2.23. The number of hydrogen-bond donors (Lipinski definition) is 1. The van der Waals surface area contributed by atoms with Crippen LogP contribution in [-0.4, -0.2) is 6.04 Å². The van der Waals surface area contributed by atoms with Crippen LogP contribution in [0.1, 0.15) is 55.6 Å². The molecule has 0 bridgehead atoms. The minimum atomic E-state index is 0.417. The number of allylic oxidation sites excluding steroid dienone is 1. The molecule has 1 saturated carbocycles. The summed E-state index contributed by atoms with van der Waals surface area (Å²) in [6.07, 6.45) is 10.9. The molecule has 0 heterocycles. The molecule has 0 amide bonds. The van der Waals surface area contributed by atoms with Crippen LogP contribution >= 0.6 is 0 Å². The topological polar surface area (TPSA) is 26.0 Å². The third kappa shape index (κ3) is 2.69. The average molecular weight is 269 g/mol. The van der Waals surface area contributed by atoms with E-state index in [1.54, 1.807) is 11.1 Å². The van der Waals surface area contributed by atoms with Crippen LogP contribution in [0.2, 0.25) is 0 Å². The summed E-state index contributed by atoms with van der Waals surface area (Å²) in [7, 11) is 0. The van der Waals surface area contributed by atoms with Crippen molar-refractivity contribution in [3.05, 3.63) is 48.0 Å². The van der Waals surface area contributed by atoms with Crippen LogP contribution in [0.3, 0.4) is 0 Å². The Bertz CT molecular complexity index is 465. The third-order valence-electron chi connectivity index (χ3n) is 5.33. The second-order valence-corrected chi connectivity index (χ2v) is 6.60. The zero-order valence-electron chi connectivity index (χ0n) is 12.4. The molecule has 1 aromatic rings. The second kappa shape index (κ2) is 6.13. The Hall–Kier alpha value is -1.08. The summed E-state index contributed by atoms with van der Waals surface area (Å²) >= 11 is 0. The van der Waals surface area contributed by atoms with Crippen molar-refractivity contribution >= 4 is 0 Å². The van der Waals surface area contributed by atoms with Gasteiger partial charge in [0.25, 0.3) is 0 Å². The molecule has 2 N–H and O–H groups in total. The van der Waals surface area contributed by atoms with Crippen LogP contribution in [0.4, 0.5) is 0 Å². The minimum absolute atomic E-state index is 0.417. The first-order valence-corrected chi connectivity index (χ1v) is 8.27. The predicted molar refractivity (Wildman–Crippen MR) is 85.7 cm³/mol. The van der Waals surface area contributed by atoms with Crippen molar-refractivity contribution < 1.29 is 0 Å². The summed E-state index contributed by atoms with van der Waals surface area (Å²) in [5.41, 5.74) is 9.68. The van der Waals surface area contributed by atoms with Crippen LogP contribution in [0.5, 0.6) is 0 Å². The number of rotatable bonds is 7. The van der Waals surface area contributed by atoms with Crippen LogP contribution in [0.25, 0.3) is 0 Å². The van der Waals surface area contributed by atoms with E-state index in [4.69, 9.17) is 5.73 Å². The van der Waals surface area contributed by atoms with Gasteiger partial charge in [0.2, 0.25) is 0 Å². The molecule has 0 aliphatic heterocycles. The molecule has 4 unspecified atom stereocenters. The number of nitrogens with two attached hydrogens (primary N) is 1. The summed E-state index contributed by atoms with van der Waals surface area (Å²) in [5.74, 6) is 2.43. The molecule has 0 spiro atoms. The Morgan fingerprint density at radius 3 is 2.95 bits per heavy atom. The SMILES string of the molecule is C=CCCCCCC(N)C1C2CCc3ccccc3C21. The molecule has 1 heteroatoms. The van der Waals surface area contributed by atoms with Crippen molar-refractivity contribution in [1.29, 1.82) is 0 Å². The number of fused-ring (bicyclic) bond motifs is 3. The van der Waals surface area contributed by atoms with Gasteiger partial charge in [-0.05, 0) is 61.0 Å². The van der Waals surface area contributed by atoms with E-state index >= 15 is 0 Å². The van der Waals surface area contributed by atoms with Gasteiger partial charge < -0.3 is 5.73 Å². The Morgan fingerprint density at radius 2 is 2.10 bits per heavy atom. The van der Waals surface area contributed by atoms with Crippen molar-refractivity contribution in [2.45, 2.75) is 56.9 Å². The number of benzene rings is 1. The van der Waals surface area contributed by atoms with Crippen molar-refractivity contribution in [1.82, 2.24) is 0 Å². The summed E-state index contributed by atoms with van der Waals surface area (Å²) in [4.78, 5) is 0. The molecule has 4 atom stereocenters. The van der Waals surface area contributed by atoms with Crippen LogP contribution in [0, 0.1) is 11.8 Å². The van der Waals surface area contributed by atoms with Crippen LogP contribution in [-0.2, 0) is 6.42 Å². The fourth-order valence-corrected chi connectivity index (χ4v) is 4.24. The van der Waals surface area contributed by atoms with Gasteiger partial charge >= 0.3 is 0 Å². The van der Waals surface area contributed by atoms with Crippen molar-refractivity contribution in [2.75, 3.05) is 0 Å². The zero-order valence-corrected chi connectivity index (χ0v) is 12.4. The van der Waals surface area contributed by atoms with Crippen LogP contribution in [0.15, 0.2) is 36.9 Å². The summed E-state index contributed by atoms with van der Waals surface area (Å²) in [6, 6.07) is 9.43. The molecule has 108 valence electrons. The molecular weight excluding hydrogens is 242 g/mol. The molecule has 1 aromatic carbocycles. The standard InChI is InChI=1S/C19H27N/c1-2-3-4-5-6-11-17(20)19-16-13-12-14-9-7-8-10-15(14)18(16)19/h2,7-10,16-19H,1,3-6,11-13,20H2. The molecule has 2 aliphatic carbocycles. The van der Waals surface area contributed by atoms with Gasteiger partial charge in [-0.25, -0.2) is 0 Å². The van der Waals surface area contributed by atoms with Gasteiger partial charge in [-0.15, -0.1) is 6.58 Å².